The highest BCUT2D eigenvalue weighted by Crippen LogP contribution is 2.25. The molecule has 0 fully saturated rings. The van der Waals surface area contributed by atoms with Crippen LogP contribution in [0.3, 0.4) is 0 Å². The summed E-state index contributed by atoms with van der Waals surface area (Å²) in [5.74, 6) is -1.01. The molecule has 0 saturated heterocycles. The van der Waals surface area contributed by atoms with Gasteiger partial charge in [0, 0.05) is 11.3 Å². The van der Waals surface area contributed by atoms with Crippen LogP contribution in [0, 0.1) is 0 Å². The molecule has 0 aromatic heterocycles. The fraction of sp³-hybridized carbons (Fsp3) is 0.118. The highest BCUT2D eigenvalue weighted by atomic mass is 35.5. The summed E-state index contributed by atoms with van der Waals surface area (Å²) in [6, 6.07) is 10.7. The molecule has 0 radical (unpaired) electrons. The van der Waals surface area contributed by atoms with Crippen LogP contribution in [0.4, 0.5) is 5.69 Å². The van der Waals surface area contributed by atoms with Crippen LogP contribution in [-0.4, -0.2) is 28.7 Å². The van der Waals surface area contributed by atoms with Gasteiger partial charge in [-0.3, -0.25) is 10.1 Å². The van der Waals surface area contributed by atoms with E-state index < -0.39 is 11.9 Å². The molecular formula is C17H15ClN2O4S. The predicted molar refractivity (Wildman–Crippen MR) is 99.7 cm³/mol. The van der Waals surface area contributed by atoms with Crippen molar-refractivity contribution >= 4 is 46.5 Å². The van der Waals surface area contributed by atoms with E-state index in [4.69, 9.17) is 33.7 Å². The number of nitrogens with one attached hydrogen (secondary N) is 2. The van der Waals surface area contributed by atoms with E-state index in [-0.39, 0.29) is 10.7 Å². The smallest absolute Gasteiger partial charge is 0.335 e. The Balaban J connectivity index is 2.03. The largest absolute Gasteiger partial charge is 0.492 e. The summed E-state index contributed by atoms with van der Waals surface area (Å²) in [5.41, 5.74) is 0.879. The van der Waals surface area contributed by atoms with Gasteiger partial charge in [-0.15, -0.1) is 0 Å². The summed E-state index contributed by atoms with van der Waals surface area (Å²) in [4.78, 5) is 23.2. The van der Waals surface area contributed by atoms with Gasteiger partial charge in [-0.1, -0.05) is 17.7 Å². The topological polar surface area (TPSA) is 87.7 Å². The van der Waals surface area contributed by atoms with Gasteiger partial charge in [0.1, 0.15) is 5.75 Å². The lowest BCUT2D eigenvalue weighted by Gasteiger charge is -2.11. The molecule has 8 heteroatoms. The van der Waals surface area contributed by atoms with Crippen LogP contribution in [0.1, 0.15) is 27.6 Å². The highest BCUT2D eigenvalue weighted by Gasteiger charge is 2.11. The fourth-order valence-electron chi connectivity index (χ4n) is 1.98. The first-order chi connectivity index (χ1) is 11.9. The zero-order chi connectivity index (χ0) is 18.4. The van der Waals surface area contributed by atoms with E-state index >= 15 is 0 Å². The van der Waals surface area contributed by atoms with E-state index in [1.54, 1.807) is 24.3 Å². The summed E-state index contributed by atoms with van der Waals surface area (Å²) in [7, 11) is 0. The maximum absolute atomic E-state index is 12.2. The molecule has 3 N–H and O–H groups in total. The monoisotopic (exact) mass is 378 g/mol. The van der Waals surface area contributed by atoms with Gasteiger partial charge in [0.05, 0.1) is 17.2 Å². The van der Waals surface area contributed by atoms with E-state index in [9.17, 15) is 9.59 Å². The van der Waals surface area contributed by atoms with E-state index in [1.807, 2.05) is 6.92 Å². The number of amides is 1. The zero-order valence-electron chi connectivity index (χ0n) is 13.2. The van der Waals surface area contributed by atoms with Gasteiger partial charge in [0.15, 0.2) is 5.11 Å². The molecule has 0 atom stereocenters. The van der Waals surface area contributed by atoms with Crippen LogP contribution in [-0.2, 0) is 0 Å². The number of carboxylic acids is 1. The van der Waals surface area contributed by atoms with Crippen molar-refractivity contribution in [1.82, 2.24) is 5.32 Å². The average molecular weight is 379 g/mol. The molecule has 0 unspecified atom stereocenters. The minimum Gasteiger partial charge on any atom is -0.492 e. The molecule has 1 amide bonds. The van der Waals surface area contributed by atoms with Crippen LogP contribution in [0.25, 0.3) is 0 Å². The first kappa shape index (κ1) is 18.7. The van der Waals surface area contributed by atoms with Crippen LogP contribution >= 0.6 is 23.8 Å². The second-order valence-electron chi connectivity index (χ2n) is 4.87. The molecule has 0 aliphatic carbocycles. The zero-order valence-corrected chi connectivity index (χ0v) is 14.8. The van der Waals surface area contributed by atoms with Crippen molar-refractivity contribution in [2.24, 2.45) is 0 Å². The molecule has 0 saturated carbocycles. The van der Waals surface area contributed by atoms with E-state index in [2.05, 4.69) is 10.6 Å². The third-order valence-electron chi connectivity index (χ3n) is 3.09. The number of hydrogen-bond donors (Lipinski definition) is 3. The highest BCUT2D eigenvalue weighted by molar-refractivity contribution is 7.80. The third kappa shape index (κ3) is 5.17. The Bertz CT molecular complexity index is 826. The van der Waals surface area contributed by atoms with Crippen LogP contribution in [0.5, 0.6) is 5.75 Å². The lowest BCUT2D eigenvalue weighted by Crippen LogP contribution is -2.34. The molecule has 0 bridgehead atoms. The molecule has 0 spiro atoms. The van der Waals surface area contributed by atoms with E-state index in [0.717, 1.165) is 0 Å². The summed E-state index contributed by atoms with van der Waals surface area (Å²) < 4.78 is 5.31. The maximum Gasteiger partial charge on any atom is 0.335 e. The maximum atomic E-state index is 12.2. The van der Waals surface area contributed by atoms with Gasteiger partial charge in [0.25, 0.3) is 5.91 Å². The lowest BCUT2D eigenvalue weighted by molar-refractivity contribution is 0.0696. The number of hydrogen-bond acceptors (Lipinski definition) is 4. The van der Waals surface area contributed by atoms with Gasteiger partial charge in [-0.25, -0.2) is 4.79 Å². The SMILES string of the molecule is CCOc1ccc(C(=O)NC(=S)Nc2cccc(C(=O)O)c2)cc1Cl. The number of thiocarbonyl (C=S) groups is 1. The molecule has 0 aliphatic rings. The minimum atomic E-state index is -1.05. The molecule has 6 nitrogen and oxygen atoms in total. The standard InChI is InChI=1S/C17H15ClN2O4S/c1-2-24-14-7-6-10(9-13(14)18)15(21)20-17(25)19-12-5-3-4-11(8-12)16(22)23/h3-9H,2H2,1H3,(H,22,23)(H2,19,20,21,25). The van der Waals surface area contributed by atoms with Crippen molar-refractivity contribution in [2.45, 2.75) is 6.92 Å². The molecule has 0 aliphatic heterocycles. The second kappa shape index (κ2) is 8.46. The molecule has 2 aromatic carbocycles. The first-order valence-corrected chi connectivity index (χ1v) is 8.07. The van der Waals surface area contributed by atoms with Gasteiger partial charge in [-0.2, -0.15) is 0 Å². The van der Waals surface area contributed by atoms with Gasteiger partial charge in [-0.05, 0) is 55.5 Å². The normalized spacial score (nSPS) is 10.0. The second-order valence-corrected chi connectivity index (χ2v) is 5.69. The molecule has 2 rings (SSSR count). The Morgan fingerprint density at radius 3 is 2.60 bits per heavy atom. The summed E-state index contributed by atoms with van der Waals surface area (Å²) in [6.45, 7) is 2.30. The Morgan fingerprint density at radius 1 is 1.20 bits per heavy atom. The van der Waals surface area contributed by atoms with E-state index in [1.165, 1.54) is 18.2 Å². The van der Waals surface area contributed by atoms with Gasteiger partial charge < -0.3 is 15.2 Å². The van der Waals surface area contributed by atoms with Crippen LogP contribution < -0.4 is 15.4 Å². The lowest BCUT2D eigenvalue weighted by atomic mass is 10.2. The number of carbonyl (C=O) groups excluding carboxylic acids is 1. The third-order valence-corrected chi connectivity index (χ3v) is 3.59. The number of anilines is 1. The molecule has 2 aromatic rings. The molecule has 130 valence electrons. The van der Waals surface area contributed by atoms with E-state index in [0.29, 0.717) is 28.6 Å². The fourth-order valence-corrected chi connectivity index (χ4v) is 2.43. The molecule has 25 heavy (non-hydrogen) atoms. The summed E-state index contributed by atoms with van der Waals surface area (Å²) >= 11 is 11.1. The number of halogens is 1. The number of ether oxygens (including phenoxy) is 1. The van der Waals surface area contributed by atoms with Crippen molar-refractivity contribution in [2.75, 3.05) is 11.9 Å². The number of benzene rings is 2. The van der Waals surface area contributed by atoms with Crippen molar-refractivity contribution < 1.29 is 19.4 Å². The van der Waals surface area contributed by atoms with Crippen molar-refractivity contribution in [1.29, 1.82) is 0 Å². The quantitative estimate of drug-likeness (QED) is 0.689. The average Bonchev–Trinajstić information content (AvgIpc) is 2.56. The Morgan fingerprint density at radius 2 is 1.96 bits per heavy atom. The van der Waals surface area contributed by atoms with Crippen LogP contribution in [0.2, 0.25) is 5.02 Å². The molecular weight excluding hydrogens is 364 g/mol. The Labute approximate surface area is 154 Å². The number of rotatable bonds is 5. The summed E-state index contributed by atoms with van der Waals surface area (Å²) in [5, 5.41) is 14.6. The van der Waals surface area contributed by atoms with Crippen LogP contribution in [0.15, 0.2) is 42.5 Å². The van der Waals surface area contributed by atoms with Crippen molar-refractivity contribution in [3.05, 3.63) is 58.6 Å². The van der Waals surface area contributed by atoms with Gasteiger partial charge in [0.2, 0.25) is 0 Å². The van der Waals surface area contributed by atoms with Crippen molar-refractivity contribution in [3.63, 3.8) is 0 Å². The summed E-state index contributed by atoms with van der Waals surface area (Å²) in [6.07, 6.45) is 0. The minimum absolute atomic E-state index is 0.0394. The molecule has 0 heterocycles. The number of carboxylic acid groups (broad SMARTS) is 1. The van der Waals surface area contributed by atoms with Gasteiger partial charge >= 0.3 is 5.97 Å². The van der Waals surface area contributed by atoms with Crippen molar-refractivity contribution in [3.8, 4) is 5.75 Å². The first-order valence-electron chi connectivity index (χ1n) is 7.28. The Kier molecular flexibility index (Phi) is 6.32. The number of aromatic carboxylic acids is 1. The predicted octanol–water partition coefficient (Wildman–Crippen LogP) is 3.56. The Hall–Kier alpha value is -2.64. The number of carbonyl (C=O) groups is 2.